The molecule has 2 aromatic heterocycles. The topological polar surface area (TPSA) is 67.9 Å². The summed E-state index contributed by atoms with van der Waals surface area (Å²) in [5, 5.41) is 7.36. The number of halogens is 3. The van der Waals surface area contributed by atoms with E-state index in [0.717, 1.165) is 30.7 Å². The van der Waals surface area contributed by atoms with Gasteiger partial charge in [-0.05, 0) is 42.7 Å². The highest BCUT2D eigenvalue weighted by molar-refractivity contribution is 5.66. The average Bonchev–Trinajstić information content (AvgIpc) is 3.45. The first kappa shape index (κ1) is 18.2. The average molecular weight is 387 g/mol. The normalized spacial score (nSPS) is 15.2. The second-order valence-corrected chi connectivity index (χ2v) is 6.65. The molecule has 1 saturated carbocycles. The zero-order valence-electron chi connectivity index (χ0n) is 14.6. The second-order valence-electron chi connectivity index (χ2n) is 6.65. The lowest BCUT2D eigenvalue weighted by molar-refractivity contribution is -0.137. The Kier molecular flexibility index (Phi) is 4.62. The number of hydrogen-bond acceptors (Lipinski definition) is 4. The number of carbonyl (C=O) groups excluding carboxylic acids is 1. The molecule has 1 aliphatic carbocycles. The largest absolute Gasteiger partial charge is 0.455 e. The first-order valence-corrected chi connectivity index (χ1v) is 8.74. The van der Waals surface area contributed by atoms with E-state index in [1.165, 1.54) is 12.1 Å². The molecule has 144 valence electrons. The Morgan fingerprint density at radius 1 is 1.21 bits per heavy atom. The van der Waals surface area contributed by atoms with E-state index >= 15 is 0 Å². The van der Waals surface area contributed by atoms with Gasteiger partial charge >= 0.3 is 6.18 Å². The summed E-state index contributed by atoms with van der Waals surface area (Å²) in [4.78, 5) is 15.3. The molecule has 0 bridgehead atoms. The molecular weight excluding hydrogens is 371 g/mol. The van der Waals surface area contributed by atoms with Crippen molar-refractivity contribution >= 4 is 6.47 Å². The fourth-order valence-corrected chi connectivity index (χ4v) is 3.28. The molecule has 1 N–H and O–H groups in total. The van der Waals surface area contributed by atoms with Crippen molar-refractivity contribution in [3.63, 3.8) is 0 Å². The summed E-state index contributed by atoms with van der Waals surface area (Å²) in [5.74, 6) is 0.219. The maximum Gasteiger partial charge on any atom is 0.416 e. The third-order valence-electron chi connectivity index (χ3n) is 4.72. The van der Waals surface area contributed by atoms with Crippen LogP contribution in [0, 0.1) is 0 Å². The summed E-state index contributed by atoms with van der Waals surface area (Å²) in [6, 6.07) is 8.35. The molecule has 8 heteroatoms. The van der Waals surface area contributed by atoms with Gasteiger partial charge in [-0.15, -0.1) is 0 Å². The minimum atomic E-state index is -4.50. The molecule has 28 heavy (non-hydrogen) atoms. The quantitative estimate of drug-likeness (QED) is 0.626. The van der Waals surface area contributed by atoms with Gasteiger partial charge < -0.3 is 4.74 Å². The van der Waals surface area contributed by atoms with Gasteiger partial charge in [0, 0.05) is 35.1 Å². The number of hydrogen-bond donors (Lipinski definition) is 1. The van der Waals surface area contributed by atoms with Gasteiger partial charge in [0.15, 0.2) is 6.10 Å². The third-order valence-corrected chi connectivity index (χ3v) is 4.72. The standard InChI is InChI=1S/C20H16F3N3O2/c21-20(22,23)15-5-1-3-13(9-15)19(28-11-27)16-17(12-6-7-12)25-26-18(16)14-4-2-8-24-10-14/h1-5,8-12,19H,6-7H2,(H,25,26). The second kappa shape index (κ2) is 7.10. The number of alkyl halides is 3. The van der Waals surface area contributed by atoms with E-state index in [9.17, 15) is 18.0 Å². The Morgan fingerprint density at radius 3 is 2.68 bits per heavy atom. The lowest BCUT2D eigenvalue weighted by Crippen LogP contribution is -2.11. The Bertz CT molecular complexity index is 982. The summed E-state index contributed by atoms with van der Waals surface area (Å²) >= 11 is 0. The van der Waals surface area contributed by atoms with Crippen LogP contribution in [-0.4, -0.2) is 21.7 Å². The SMILES string of the molecule is O=COC(c1cccc(C(F)(F)F)c1)c1c(-c2cccnc2)n[nH]c1C1CC1. The minimum absolute atomic E-state index is 0.219. The molecule has 1 unspecified atom stereocenters. The Hall–Kier alpha value is -3.16. The van der Waals surface area contributed by atoms with E-state index in [1.54, 1.807) is 24.5 Å². The zero-order chi connectivity index (χ0) is 19.7. The molecular formula is C20H16F3N3O2. The van der Waals surface area contributed by atoms with Gasteiger partial charge in [0.05, 0.1) is 5.56 Å². The van der Waals surface area contributed by atoms with Crippen LogP contribution in [0.4, 0.5) is 13.2 Å². The maximum absolute atomic E-state index is 13.2. The number of pyridine rings is 1. The van der Waals surface area contributed by atoms with Crippen LogP contribution in [-0.2, 0) is 15.7 Å². The van der Waals surface area contributed by atoms with E-state index in [0.29, 0.717) is 16.8 Å². The lowest BCUT2D eigenvalue weighted by Gasteiger charge is -2.19. The summed E-state index contributed by atoms with van der Waals surface area (Å²) in [5.41, 5.74) is 1.98. The number of aromatic amines is 1. The van der Waals surface area contributed by atoms with Crippen LogP contribution in [0.2, 0.25) is 0 Å². The Balaban J connectivity index is 1.87. The van der Waals surface area contributed by atoms with Crippen LogP contribution in [0.3, 0.4) is 0 Å². The number of nitrogens with one attached hydrogen (secondary N) is 1. The number of benzene rings is 1. The van der Waals surface area contributed by atoms with Crippen LogP contribution in [0.15, 0.2) is 48.8 Å². The van der Waals surface area contributed by atoms with E-state index in [-0.39, 0.29) is 18.0 Å². The van der Waals surface area contributed by atoms with Gasteiger partial charge in [-0.25, -0.2) is 0 Å². The number of nitrogens with zero attached hydrogens (tertiary/aromatic N) is 2. The molecule has 1 aromatic carbocycles. The number of ether oxygens (including phenoxy) is 1. The van der Waals surface area contributed by atoms with Crippen molar-refractivity contribution in [2.75, 3.05) is 0 Å². The molecule has 0 saturated heterocycles. The molecule has 0 radical (unpaired) electrons. The highest BCUT2D eigenvalue weighted by Crippen LogP contribution is 2.46. The summed E-state index contributed by atoms with van der Waals surface area (Å²) in [6.45, 7) is 0.252. The molecule has 5 nitrogen and oxygen atoms in total. The minimum Gasteiger partial charge on any atom is -0.455 e. The van der Waals surface area contributed by atoms with Gasteiger partial charge in [-0.2, -0.15) is 18.3 Å². The van der Waals surface area contributed by atoms with Crippen LogP contribution < -0.4 is 0 Å². The Morgan fingerprint density at radius 2 is 2.04 bits per heavy atom. The lowest BCUT2D eigenvalue weighted by atomic mass is 9.94. The van der Waals surface area contributed by atoms with Crippen molar-refractivity contribution in [3.8, 4) is 11.3 Å². The van der Waals surface area contributed by atoms with Gasteiger partial charge in [0.25, 0.3) is 6.47 Å². The molecule has 1 aliphatic rings. The highest BCUT2D eigenvalue weighted by Gasteiger charge is 2.36. The summed E-state index contributed by atoms with van der Waals surface area (Å²) in [6.07, 6.45) is -0.395. The monoisotopic (exact) mass is 387 g/mol. The van der Waals surface area contributed by atoms with Crippen LogP contribution in [0.1, 0.15) is 47.2 Å². The molecule has 4 rings (SSSR count). The molecule has 2 heterocycles. The fraction of sp³-hybridized carbons (Fsp3) is 0.250. The van der Waals surface area contributed by atoms with E-state index in [2.05, 4.69) is 15.2 Å². The maximum atomic E-state index is 13.2. The van der Waals surface area contributed by atoms with Crippen molar-refractivity contribution in [1.29, 1.82) is 0 Å². The molecule has 3 aromatic rings. The van der Waals surface area contributed by atoms with Crippen molar-refractivity contribution in [2.45, 2.75) is 31.0 Å². The van der Waals surface area contributed by atoms with Gasteiger partial charge in [0.1, 0.15) is 5.69 Å². The Labute approximate surface area is 158 Å². The smallest absolute Gasteiger partial charge is 0.416 e. The van der Waals surface area contributed by atoms with Crippen molar-refractivity contribution in [2.24, 2.45) is 0 Å². The molecule has 1 atom stereocenters. The number of aromatic nitrogens is 3. The van der Waals surface area contributed by atoms with Crippen molar-refractivity contribution < 1.29 is 22.7 Å². The predicted molar refractivity (Wildman–Crippen MR) is 94.2 cm³/mol. The first-order chi connectivity index (χ1) is 13.5. The van der Waals surface area contributed by atoms with Crippen LogP contribution in [0.25, 0.3) is 11.3 Å². The van der Waals surface area contributed by atoms with E-state index in [1.807, 2.05) is 0 Å². The van der Waals surface area contributed by atoms with Crippen LogP contribution in [0.5, 0.6) is 0 Å². The zero-order valence-corrected chi connectivity index (χ0v) is 14.6. The van der Waals surface area contributed by atoms with Crippen LogP contribution >= 0.6 is 0 Å². The molecule has 0 amide bonds. The van der Waals surface area contributed by atoms with Crippen molar-refractivity contribution in [1.82, 2.24) is 15.2 Å². The molecule has 0 aliphatic heterocycles. The van der Waals surface area contributed by atoms with E-state index < -0.39 is 17.8 Å². The fourth-order valence-electron chi connectivity index (χ4n) is 3.28. The third kappa shape index (κ3) is 3.49. The molecule has 0 spiro atoms. The highest BCUT2D eigenvalue weighted by atomic mass is 19.4. The van der Waals surface area contributed by atoms with Gasteiger partial charge in [-0.1, -0.05) is 12.1 Å². The van der Waals surface area contributed by atoms with Crippen molar-refractivity contribution in [3.05, 3.63) is 71.2 Å². The van der Waals surface area contributed by atoms with Gasteiger partial charge in [0.2, 0.25) is 0 Å². The molecule has 1 fully saturated rings. The first-order valence-electron chi connectivity index (χ1n) is 8.74. The number of carbonyl (C=O) groups is 1. The predicted octanol–water partition coefficient (Wildman–Crippen LogP) is 4.63. The van der Waals surface area contributed by atoms with Gasteiger partial charge in [-0.3, -0.25) is 14.9 Å². The number of H-pyrrole nitrogens is 1. The summed E-state index contributed by atoms with van der Waals surface area (Å²) < 4.78 is 44.8. The van der Waals surface area contributed by atoms with E-state index in [4.69, 9.17) is 4.74 Å². The summed E-state index contributed by atoms with van der Waals surface area (Å²) in [7, 11) is 0. The number of rotatable bonds is 6.